The van der Waals surface area contributed by atoms with Crippen molar-refractivity contribution in [1.82, 2.24) is 5.32 Å². The van der Waals surface area contributed by atoms with Gasteiger partial charge in [-0.3, -0.25) is 4.99 Å². The van der Waals surface area contributed by atoms with Crippen molar-refractivity contribution < 1.29 is 5.11 Å². The van der Waals surface area contributed by atoms with E-state index < -0.39 is 0 Å². The minimum atomic E-state index is 0.189. The Hall–Kier alpha value is -0.830. The van der Waals surface area contributed by atoms with Crippen molar-refractivity contribution >= 4 is 6.21 Å². The van der Waals surface area contributed by atoms with E-state index in [2.05, 4.69) is 10.3 Å². The van der Waals surface area contributed by atoms with Crippen LogP contribution in [0.15, 0.2) is 16.9 Å². The van der Waals surface area contributed by atoms with Gasteiger partial charge in [0, 0.05) is 31.1 Å². The smallest absolute Gasteiger partial charge is 0.0501 e. The quantitative estimate of drug-likeness (QED) is 0.542. The molecule has 1 aliphatic rings. The van der Waals surface area contributed by atoms with Gasteiger partial charge < -0.3 is 10.4 Å². The summed E-state index contributed by atoms with van der Waals surface area (Å²) in [6, 6.07) is 0. The molecule has 0 radical (unpaired) electrons. The van der Waals surface area contributed by atoms with E-state index in [1.165, 1.54) is 0 Å². The number of aliphatic imine (C=N–C) groups is 1. The van der Waals surface area contributed by atoms with Gasteiger partial charge in [0.2, 0.25) is 0 Å². The molecule has 3 nitrogen and oxygen atoms in total. The molecule has 0 spiro atoms. The fourth-order valence-electron chi connectivity index (χ4n) is 0.691. The number of nitrogens with one attached hydrogen (secondary N) is 1. The average molecular weight is 126 g/mol. The molecule has 1 aliphatic heterocycles. The van der Waals surface area contributed by atoms with Crippen molar-refractivity contribution in [2.75, 3.05) is 13.2 Å². The Morgan fingerprint density at radius 2 is 2.67 bits per heavy atom. The van der Waals surface area contributed by atoms with E-state index in [0.717, 1.165) is 12.2 Å². The number of rotatable bonds is 2. The third-order valence-corrected chi connectivity index (χ3v) is 1.14. The van der Waals surface area contributed by atoms with Crippen LogP contribution in [-0.4, -0.2) is 24.5 Å². The third kappa shape index (κ3) is 1.85. The summed E-state index contributed by atoms with van der Waals surface area (Å²) in [6.45, 7) is 0.972. The molecule has 0 aromatic carbocycles. The van der Waals surface area contributed by atoms with Gasteiger partial charge in [0.1, 0.15) is 0 Å². The van der Waals surface area contributed by atoms with Crippen LogP contribution in [0.5, 0.6) is 0 Å². The fourth-order valence-corrected chi connectivity index (χ4v) is 0.691. The normalized spacial score (nSPS) is 16.8. The minimum absolute atomic E-state index is 0.189. The summed E-state index contributed by atoms with van der Waals surface area (Å²) in [5.74, 6) is 0. The second-order valence-electron chi connectivity index (χ2n) is 1.84. The van der Waals surface area contributed by atoms with Crippen LogP contribution in [0.2, 0.25) is 0 Å². The summed E-state index contributed by atoms with van der Waals surface area (Å²) in [7, 11) is 0. The number of hydrogen-bond donors (Lipinski definition) is 2. The number of hydrogen-bond acceptors (Lipinski definition) is 3. The molecule has 0 saturated heterocycles. The van der Waals surface area contributed by atoms with Crippen LogP contribution in [0.1, 0.15) is 6.42 Å². The molecule has 0 bridgehead atoms. The van der Waals surface area contributed by atoms with Gasteiger partial charge in [-0.1, -0.05) is 0 Å². The first-order valence-corrected chi connectivity index (χ1v) is 2.99. The number of nitrogens with zero attached hydrogens (tertiary/aromatic N) is 1. The Balaban J connectivity index is 2.38. The first-order chi connectivity index (χ1) is 4.43. The molecular formula is C6H10N2O. The molecule has 0 atom stereocenters. The number of aliphatic hydroxyl groups excluding tert-OH is 1. The molecule has 9 heavy (non-hydrogen) atoms. The standard InChI is InChI=1S/C6H10N2O/c9-4-1-6-5-7-2-3-8-6/h2,5,8-9H,1,3-4H2. The summed E-state index contributed by atoms with van der Waals surface area (Å²) >= 11 is 0. The van der Waals surface area contributed by atoms with Crippen LogP contribution in [0.25, 0.3) is 0 Å². The maximum atomic E-state index is 8.49. The largest absolute Gasteiger partial charge is 0.396 e. The van der Waals surface area contributed by atoms with Gasteiger partial charge in [-0.25, -0.2) is 0 Å². The molecule has 0 aromatic rings. The first-order valence-electron chi connectivity index (χ1n) is 2.99. The highest BCUT2D eigenvalue weighted by atomic mass is 16.3. The molecule has 1 heterocycles. The van der Waals surface area contributed by atoms with Crippen molar-refractivity contribution in [1.29, 1.82) is 0 Å². The van der Waals surface area contributed by atoms with Crippen molar-refractivity contribution in [3.8, 4) is 0 Å². The summed E-state index contributed by atoms with van der Waals surface area (Å²) in [6.07, 6.45) is 4.21. The molecule has 0 amide bonds. The topological polar surface area (TPSA) is 44.6 Å². The summed E-state index contributed by atoms with van der Waals surface area (Å²) in [4.78, 5) is 3.92. The summed E-state index contributed by atoms with van der Waals surface area (Å²) in [5, 5.41) is 11.6. The van der Waals surface area contributed by atoms with E-state index in [-0.39, 0.29) is 6.61 Å². The lowest BCUT2D eigenvalue weighted by Gasteiger charge is -2.08. The Labute approximate surface area is 54.1 Å². The van der Waals surface area contributed by atoms with Gasteiger partial charge in [-0.15, -0.1) is 0 Å². The van der Waals surface area contributed by atoms with Gasteiger partial charge in [0.05, 0.1) is 6.54 Å². The predicted octanol–water partition coefficient (Wildman–Crippen LogP) is -0.116. The van der Waals surface area contributed by atoms with Crippen LogP contribution >= 0.6 is 0 Å². The van der Waals surface area contributed by atoms with Crippen molar-refractivity contribution in [2.24, 2.45) is 4.99 Å². The summed E-state index contributed by atoms with van der Waals surface area (Å²) < 4.78 is 0. The Morgan fingerprint density at radius 3 is 3.22 bits per heavy atom. The molecule has 0 fully saturated rings. The van der Waals surface area contributed by atoms with E-state index in [1.807, 2.05) is 0 Å². The lowest BCUT2D eigenvalue weighted by molar-refractivity contribution is 0.296. The Bertz CT molecular complexity index is 140. The van der Waals surface area contributed by atoms with Crippen molar-refractivity contribution in [3.05, 3.63) is 11.9 Å². The lowest BCUT2D eigenvalue weighted by Crippen LogP contribution is -2.19. The lowest BCUT2D eigenvalue weighted by atomic mass is 10.3. The molecule has 0 aromatic heterocycles. The Morgan fingerprint density at radius 1 is 1.78 bits per heavy atom. The SMILES string of the molecule is OCCC1=CN=CCN1. The second kappa shape index (κ2) is 3.25. The van der Waals surface area contributed by atoms with Crippen molar-refractivity contribution in [2.45, 2.75) is 6.42 Å². The molecule has 1 rings (SSSR count). The van der Waals surface area contributed by atoms with Crippen molar-refractivity contribution in [3.63, 3.8) is 0 Å². The highest BCUT2D eigenvalue weighted by molar-refractivity contribution is 5.62. The first kappa shape index (κ1) is 6.29. The molecular weight excluding hydrogens is 116 g/mol. The molecule has 3 heteroatoms. The monoisotopic (exact) mass is 126 g/mol. The van der Waals surface area contributed by atoms with E-state index in [0.29, 0.717) is 6.42 Å². The summed E-state index contributed by atoms with van der Waals surface area (Å²) in [5.41, 5.74) is 1.01. The maximum absolute atomic E-state index is 8.49. The molecule has 0 unspecified atom stereocenters. The van der Waals surface area contributed by atoms with Crippen LogP contribution in [-0.2, 0) is 0 Å². The zero-order chi connectivity index (χ0) is 6.53. The second-order valence-corrected chi connectivity index (χ2v) is 1.84. The van der Waals surface area contributed by atoms with Gasteiger partial charge in [-0.05, 0) is 0 Å². The molecule has 50 valence electrons. The molecule has 0 aliphatic carbocycles. The highest BCUT2D eigenvalue weighted by Gasteiger charge is 1.95. The van der Waals surface area contributed by atoms with E-state index in [1.54, 1.807) is 12.4 Å². The fraction of sp³-hybridized carbons (Fsp3) is 0.500. The van der Waals surface area contributed by atoms with Gasteiger partial charge in [-0.2, -0.15) is 0 Å². The van der Waals surface area contributed by atoms with E-state index >= 15 is 0 Å². The van der Waals surface area contributed by atoms with Crippen LogP contribution < -0.4 is 5.32 Å². The van der Waals surface area contributed by atoms with Gasteiger partial charge in [0.15, 0.2) is 0 Å². The minimum Gasteiger partial charge on any atom is -0.396 e. The number of aliphatic hydroxyl groups is 1. The molecule has 2 N–H and O–H groups in total. The van der Waals surface area contributed by atoms with Crippen LogP contribution in [0, 0.1) is 0 Å². The zero-order valence-corrected chi connectivity index (χ0v) is 5.17. The maximum Gasteiger partial charge on any atom is 0.0501 e. The zero-order valence-electron chi connectivity index (χ0n) is 5.17. The van der Waals surface area contributed by atoms with E-state index in [4.69, 9.17) is 5.11 Å². The van der Waals surface area contributed by atoms with Crippen LogP contribution in [0.3, 0.4) is 0 Å². The van der Waals surface area contributed by atoms with Crippen LogP contribution in [0.4, 0.5) is 0 Å². The average Bonchev–Trinajstić information content (AvgIpc) is 1.91. The Kier molecular flexibility index (Phi) is 2.27. The highest BCUT2D eigenvalue weighted by Crippen LogP contribution is 1.97. The van der Waals surface area contributed by atoms with E-state index in [9.17, 15) is 0 Å². The van der Waals surface area contributed by atoms with Gasteiger partial charge in [0.25, 0.3) is 0 Å². The van der Waals surface area contributed by atoms with Gasteiger partial charge >= 0.3 is 0 Å². The molecule has 0 saturated carbocycles. The third-order valence-electron chi connectivity index (χ3n) is 1.14. The predicted molar refractivity (Wildman–Crippen MR) is 36.3 cm³/mol.